The first-order valence-electron chi connectivity index (χ1n) is 13.1. The Morgan fingerprint density at radius 2 is 1.76 bits per heavy atom. The lowest BCUT2D eigenvalue weighted by Crippen LogP contribution is -2.37. The number of nitrogens with zero attached hydrogens (tertiary/aromatic N) is 3. The minimum Gasteiger partial charge on any atom is -0.353 e. The molecule has 0 bridgehead atoms. The normalized spacial score (nSPS) is 25.5. The number of aromatic nitrogens is 2. The molecule has 0 radical (unpaired) electrons. The summed E-state index contributed by atoms with van der Waals surface area (Å²) in [5.41, 5.74) is 0.897. The van der Waals surface area contributed by atoms with E-state index in [2.05, 4.69) is 15.5 Å². The highest BCUT2D eigenvalue weighted by Crippen LogP contribution is 2.40. The molecule has 1 aromatic heterocycles. The fourth-order valence-corrected chi connectivity index (χ4v) is 6.05. The fraction of sp³-hybridized carbons (Fsp3) is 0.630. The first-order valence-corrected chi connectivity index (χ1v) is 13.1. The van der Waals surface area contributed by atoms with Crippen molar-refractivity contribution in [1.82, 2.24) is 20.4 Å². The van der Waals surface area contributed by atoms with Crippen LogP contribution in [0.1, 0.15) is 82.4 Å². The summed E-state index contributed by atoms with van der Waals surface area (Å²) >= 11 is 0. The molecular formula is C27H36N4O3. The lowest BCUT2D eigenvalue weighted by molar-refractivity contribution is -0.134. The number of hydrogen-bond donors (Lipinski definition) is 1. The maximum Gasteiger partial charge on any atom is 0.232 e. The molecule has 5 rings (SSSR count). The minimum atomic E-state index is -0.153. The highest BCUT2D eigenvalue weighted by atomic mass is 16.5. The zero-order valence-electron chi connectivity index (χ0n) is 20.0. The first kappa shape index (κ1) is 23.1. The Bertz CT molecular complexity index is 963. The summed E-state index contributed by atoms with van der Waals surface area (Å²) in [4.78, 5) is 32.7. The molecule has 1 aromatic carbocycles. The van der Waals surface area contributed by atoms with Gasteiger partial charge in [0.1, 0.15) is 0 Å². The molecule has 1 N–H and O–H groups in total. The molecule has 3 fully saturated rings. The molecule has 2 amide bonds. The zero-order valence-corrected chi connectivity index (χ0v) is 20.0. The molecule has 1 saturated heterocycles. The van der Waals surface area contributed by atoms with Crippen LogP contribution in [0, 0.1) is 11.8 Å². The fourth-order valence-electron chi connectivity index (χ4n) is 6.05. The van der Waals surface area contributed by atoms with Crippen molar-refractivity contribution in [1.29, 1.82) is 0 Å². The third-order valence-corrected chi connectivity index (χ3v) is 7.97. The van der Waals surface area contributed by atoms with Gasteiger partial charge in [0.25, 0.3) is 0 Å². The van der Waals surface area contributed by atoms with Crippen molar-refractivity contribution in [3.05, 3.63) is 36.2 Å². The predicted molar refractivity (Wildman–Crippen MR) is 129 cm³/mol. The smallest absolute Gasteiger partial charge is 0.232 e. The van der Waals surface area contributed by atoms with Crippen molar-refractivity contribution in [2.24, 2.45) is 11.8 Å². The van der Waals surface area contributed by atoms with Gasteiger partial charge in [-0.15, -0.1) is 0 Å². The summed E-state index contributed by atoms with van der Waals surface area (Å²) in [6.45, 7) is 1.69. The third-order valence-electron chi connectivity index (χ3n) is 7.97. The predicted octanol–water partition coefficient (Wildman–Crippen LogP) is 4.70. The lowest BCUT2D eigenvalue weighted by atomic mass is 9.86. The van der Waals surface area contributed by atoms with E-state index in [0.29, 0.717) is 36.9 Å². The van der Waals surface area contributed by atoms with Crippen LogP contribution in [0.25, 0.3) is 11.4 Å². The quantitative estimate of drug-likeness (QED) is 0.642. The SMILES string of the molecule is O=C(CCC1CCCCC1)N[C@H]1C[C@H](C(=O)N2CCCC2)C[C@H]1c1nc(-c2ccccc2)no1. The van der Waals surface area contributed by atoms with E-state index in [4.69, 9.17) is 4.52 Å². The third kappa shape index (κ3) is 5.34. The zero-order chi connectivity index (χ0) is 23.3. The molecule has 2 aliphatic carbocycles. The molecule has 3 aliphatic rings. The molecule has 2 saturated carbocycles. The number of nitrogens with one attached hydrogen (secondary N) is 1. The summed E-state index contributed by atoms with van der Waals surface area (Å²) in [7, 11) is 0. The van der Waals surface area contributed by atoms with Crippen LogP contribution in [0.4, 0.5) is 0 Å². The van der Waals surface area contributed by atoms with Crippen molar-refractivity contribution >= 4 is 11.8 Å². The second kappa shape index (κ2) is 10.7. The van der Waals surface area contributed by atoms with Gasteiger partial charge >= 0.3 is 0 Å². The van der Waals surface area contributed by atoms with Crippen molar-refractivity contribution in [2.75, 3.05) is 13.1 Å². The second-order valence-electron chi connectivity index (χ2n) is 10.3. The molecule has 182 valence electrons. The van der Waals surface area contributed by atoms with E-state index in [1.165, 1.54) is 32.1 Å². The van der Waals surface area contributed by atoms with Gasteiger partial charge in [0.05, 0.1) is 5.92 Å². The Kier molecular flexibility index (Phi) is 7.26. The van der Waals surface area contributed by atoms with Gasteiger partial charge in [-0.1, -0.05) is 67.6 Å². The second-order valence-corrected chi connectivity index (χ2v) is 10.3. The summed E-state index contributed by atoms with van der Waals surface area (Å²) in [5.74, 6) is 1.79. The minimum absolute atomic E-state index is 0.0812. The van der Waals surface area contributed by atoms with Gasteiger partial charge in [-0.05, 0) is 38.0 Å². The van der Waals surface area contributed by atoms with Crippen LogP contribution in [0.3, 0.4) is 0 Å². The van der Waals surface area contributed by atoms with E-state index < -0.39 is 0 Å². The summed E-state index contributed by atoms with van der Waals surface area (Å²) in [5, 5.41) is 7.45. The first-order chi connectivity index (χ1) is 16.7. The number of carbonyl (C=O) groups is 2. The van der Waals surface area contributed by atoms with Gasteiger partial charge in [-0.25, -0.2) is 0 Å². The highest BCUT2D eigenvalue weighted by Gasteiger charge is 2.43. The van der Waals surface area contributed by atoms with E-state index in [1.54, 1.807) is 0 Å². The van der Waals surface area contributed by atoms with Gasteiger partial charge in [-0.2, -0.15) is 4.98 Å². The number of benzene rings is 1. The Balaban J connectivity index is 1.28. The topological polar surface area (TPSA) is 88.3 Å². The van der Waals surface area contributed by atoms with E-state index in [-0.39, 0.29) is 29.7 Å². The molecule has 2 heterocycles. The van der Waals surface area contributed by atoms with Gasteiger partial charge in [-0.3, -0.25) is 9.59 Å². The van der Waals surface area contributed by atoms with Crippen LogP contribution in [0.2, 0.25) is 0 Å². The Hall–Kier alpha value is -2.70. The summed E-state index contributed by atoms with van der Waals surface area (Å²) in [6, 6.07) is 9.59. The van der Waals surface area contributed by atoms with Crippen LogP contribution in [0.15, 0.2) is 34.9 Å². The Labute approximate surface area is 201 Å². The number of hydrogen-bond acceptors (Lipinski definition) is 5. The highest BCUT2D eigenvalue weighted by molar-refractivity contribution is 5.80. The molecule has 0 unspecified atom stereocenters. The number of amides is 2. The maximum atomic E-state index is 13.2. The van der Waals surface area contributed by atoms with Crippen molar-refractivity contribution in [2.45, 2.75) is 82.6 Å². The average molecular weight is 465 g/mol. The monoisotopic (exact) mass is 464 g/mol. The Morgan fingerprint density at radius 3 is 2.53 bits per heavy atom. The van der Waals surface area contributed by atoms with E-state index in [9.17, 15) is 9.59 Å². The van der Waals surface area contributed by atoms with E-state index >= 15 is 0 Å². The van der Waals surface area contributed by atoms with Gasteiger partial charge in [0.2, 0.25) is 23.5 Å². The lowest BCUT2D eigenvalue weighted by Gasteiger charge is -2.22. The summed E-state index contributed by atoms with van der Waals surface area (Å²) < 4.78 is 5.69. The van der Waals surface area contributed by atoms with Crippen molar-refractivity contribution < 1.29 is 14.1 Å². The van der Waals surface area contributed by atoms with Crippen LogP contribution >= 0.6 is 0 Å². The number of carbonyl (C=O) groups excluding carboxylic acids is 2. The molecule has 34 heavy (non-hydrogen) atoms. The van der Waals surface area contributed by atoms with Crippen LogP contribution in [-0.2, 0) is 9.59 Å². The number of rotatable bonds is 7. The number of likely N-dealkylation sites (tertiary alicyclic amines) is 1. The molecule has 0 spiro atoms. The molecule has 2 aromatic rings. The van der Waals surface area contributed by atoms with Crippen LogP contribution in [-0.4, -0.2) is 46.0 Å². The molecule has 7 nitrogen and oxygen atoms in total. The molecular weight excluding hydrogens is 428 g/mol. The maximum absolute atomic E-state index is 13.2. The molecule has 1 aliphatic heterocycles. The van der Waals surface area contributed by atoms with Gasteiger partial charge < -0.3 is 14.7 Å². The van der Waals surface area contributed by atoms with Crippen LogP contribution in [0.5, 0.6) is 0 Å². The van der Waals surface area contributed by atoms with Gasteiger partial charge in [0.15, 0.2) is 0 Å². The van der Waals surface area contributed by atoms with Crippen LogP contribution < -0.4 is 5.32 Å². The van der Waals surface area contributed by atoms with E-state index in [0.717, 1.165) is 37.9 Å². The average Bonchev–Trinajstić information content (AvgIpc) is 3.65. The molecule has 7 heteroatoms. The van der Waals surface area contributed by atoms with Gasteiger partial charge in [0, 0.05) is 37.0 Å². The standard InChI is InChI=1S/C27H36N4O3/c32-24(14-13-19-9-3-1-4-10-19)28-23-18-21(27(33)31-15-7-8-16-31)17-22(23)26-29-25(30-34-26)20-11-5-2-6-12-20/h2,5-6,11-12,19,21-23H,1,3-4,7-10,13-18H2,(H,28,32)/t21-,22-,23+/m1/s1. The van der Waals surface area contributed by atoms with Crippen molar-refractivity contribution in [3.8, 4) is 11.4 Å². The Morgan fingerprint density at radius 1 is 1.00 bits per heavy atom. The summed E-state index contributed by atoms with van der Waals surface area (Å²) in [6.07, 6.45) is 11.3. The molecule has 3 atom stereocenters. The van der Waals surface area contributed by atoms with E-state index in [1.807, 2.05) is 35.2 Å². The van der Waals surface area contributed by atoms with Crippen molar-refractivity contribution in [3.63, 3.8) is 0 Å². The largest absolute Gasteiger partial charge is 0.353 e.